The lowest BCUT2D eigenvalue weighted by molar-refractivity contribution is 0.768. The fourth-order valence-electron chi connectivity index (χ4n) is 18.5. The maximum atomic E-state index is 3.81. The van der Waals surface area contributed by atoms with E-state index in [-0.39, 0.29) is 5.41 Å². The van der Waals surface area contributed by atoms with Crippen LogP contribution in [0.2, 0.25) is 0 Å². The summed E-state index contributed by atoms with van der Waals surface area (Å²) in [4.78, 5) is 2.35. The summed E-state index contributed by atoms with van der Waals surface area (Å²) in [6, 6.07) is 156. The molecule has 3 aliphatic carbocycles. The van der Waals surface area contributed by atoms with Crippen LogP contribution in [0.4, 0.5) is 51.2 Å². The Morgan fingerprint density at radius 1 is 0.246 bits per heavy atom. The predicted octanol–water partition coefficient (Wildman–Crippen LogP) is 29.1. The molecule has 2 aromatic heterocycles. The highest BCUT2D eigenvalue weighted by Gasteiger charge is 2.52. The van der Waals surface area contributed by atoms with E-state index in [1.807, 2.05) is 35.6 Å². The smallest absolute Gasteiger partial charge is 0.0726 e. The first-order valence-corrected chi connectivity index (χ1v) is 39.9. The van der Waals surface area contributed by atoms with Crippen molar-refractivity contribution in [1.29, 1.82) is 0 Å². The number of thiophene rings is 1. The number of nitrogens with one attached hydrogen (secondary N) is 3. The van der Waals surface area contributed by atoms with Crippen molar-refractivity contribution in [3.8, 4) is 39.1 Å². The van der Waals surface area contributed by atoms with Gasteiger partial charge in [0.15, 0.2) is 0 Å². The summed E-state index contributed by atoms with van der Waals surface area (Å²) in [5, 5.41) is 19.9. The number of rotatable bonds is 12. The van der Waals surface area contributed by atoms with E-state index in [1.54, 1.807) is 0 Å². The maximum Gasteiger partial charge on any atom is 0.0726 e. The van der Waals surface area contributed by atoms with Gasteiger partial charge in [-0.25, -0.2) is 0 Å². The molecule has 20 aromatic rings. The second-order valence-electron chi connectivity index (χ2n) is 29.7. The molecule has 0 aliphatic heterocycles. The van der Waals surface area contributed by atoms with Gasteiger partial charge in [-0.05, 0) is 234 Å². The van der Waals surface area contributed by atoms with Crippen molar-refractivity contribution in [2.75, 3.05) is 20.9 Å². The van der Waals surface area contributed by atoms with Crippen LogP contribution in [0.15, 0.2) is 437 Å². The van der Waals surface area contributed by atoms with Crippen molar-refractivity contribution in [3.63, 3.8) is 0 Å². The number of anilines is 9. The van der Waals surface area contributed by atoms with E-state index in [4.69, 9.17) is 0 Å². The van der Waals surface area contributed by atoms with Gasteiger partial charge < -0.3 is 25.4 Å². The lowest BCUT2D eigenvalue weighted by atomic mass is 9.67. The minimum absolute atomic E-state index is 0.368. The van der Waals surface area contributed by atoms with E-state index in [0.717, 1.165) is 51.2 Å². The Hall–Kier alpha value is -14.6. The monoisotopic (exact) mass is 1470 g/mol. The van der Waals surface area contributed by atoms with Gasteiger partial charge in [0.05, 0.1) is 16.3 Å². The highest BCUT2D eigenvalue weighted by atomic mass is 32.1. The van der Waals surface area contributed by atoms with Crippen molar-refractivity contribution >= 4 is 115 Å². The molecule has 23 rings (SSSR count). The Morgan fingerprint density at radius 2 is 0.719 bits per heavy atom. The van der Waals surface area contributed by atoms with Gasteiger partial charge >= 0.3 is 0 Å². The summed E-state index contributed by atoms with van der Waals surface area (Å²) >= 11 is 1.86. The maximum absolute atomic E-state index is 3.81. The standard InChI is InChI=1S/C47H34N2.C41H25NS.C20H16N2/c1-4-18-35(19-5-1)47(36-20-15-25-40(32-36)49(38-21-6-2-7-22-38)39-23-8-3-9-24-39)44-28-13-12-27-42(44)43-31-30-37(33-45(43)47)48-46-29-14-17-34-16-10-11-26-41(34)46;1-2-10-28-25(9-1)17-21-36-40(28)32-20-18-27(42-26-19-22-39-33(23-26)31-13-5-8-16-38(31)43-39)24-37(32)41(36)34-14-6-3-11-29(34)30-12-4-7-15-35(30)41;1-3-7-17(8-4-1)21-18-11-12-20-16(15-18)13-14-22(20)19-9-5-2-6-10-19/h1-33,48H;1-24,42H;1-15,21H. The summed E-state index contributed by atoms with van der Waals surface area (Å²) in [6.45, 7) is 0. The Bertz CT molecular complexity index is 6940. The van der Waals surface area contributed by atoms with Gasteiger partial charge in [-0.1, -0.05) is 291 Å². The van der Waals surface area contributed by atoms with Gasteiger partial charge in [0, 0.05) is 94.0 Å². The number of benzene rings is 18. The molecule has 3 aliphatic rings. The van der Waals surface area contributed by atoms with Crippen LogP contribution in [-0.4, -0.2) is 4.57 Å². The molecule has 0 radical (unpaired) electrons. The first kappa shape index (κ1) is 67.5. The van der Waals surface area contributed by atoms with Crippen LogP contribution in [0.1, 0.15) is 44.5 Å². The minimum atomic E-state index is -0.543. The predicted molar refractivity (Wildman–Crippen MR) is 482 cm³/mol. The molecule has 0 saturated heterocycles. The van der Waals surface area contributed by atoms with Crippen LogP contribution in [0, 0.1) is 0 Å². The van der Waals surface area contributed by atoms with E-state index in [0.29, 0.717) is 0 Å². The van der Waals surface area contributed by atoms with Gasteiger partial charge in [0.2, 0.25) is 0 Å². The Morgan fingerprint density at radius 3 is 1.42 bits per heavy atom. The van der Waals surface area contributed by atoms with Crippen LogP contribution in [0.3, 0.4) is 0 Å². The molecule has 0 saturated carbocycles. The number of fused-ring (bicyclic) bond motifs is 20. The fourth-order valence-corrected chi connectivity index (χ4v) is 19.6. The van der Waals surface area contributed by atoms with Gasteiger partial charge in [0.25, 0.3) is 0 Å². The van der Waals surface area contributed by atoms with Crippen molar-refractivity contribution < 1.29 is 0 Å². The molecule has 2 heterocycles. The van der Waals surface area contributed by atoms with E-state index in [2.05, 4.69) is 438 Å². The molecule has 18 aromatic carbocycles. The third kappa shape index (κ3) is 11.4. The first-order valence-electron chi connectivity index (χ1n) is 39.1. The second kappa shape index (κ2) is 28.4. The number of para-hydroxylation sites is 4. The summed E-state index contributed by atoms with van der Waals surface area (Å²) in [6.07, 6.45) is 2.12. The molecule has 1 unspecified atom stereocenters. The van der Waals surface area contributed by atoms with E-state index < -0.39 is 5.41 Å². The zero-order chi connectivity index (χ0) is 75.5. The summed E-state index contributed by atoms with van der Waals surface area (Å²) in [5.74, 6) is 0. The van der Waals surface area contributed by atoms with Crippen LogP contribution >= 0.6 is 11.3 Å². The summed E-state index contributed by atoms with van der Waals surface area (Å²) in [7, 11) is 0. The Labute approximate surface area is 667 Å². The number of hydrogen-bond acceptors (Lipinski definition) is 5. The van der Waals surface area contributed by atoms with Crippen LogP contribution in [0.5, 0.6) is 0 Å². The third-order valence-corrected chi connectivity index (χ3v) is 24.5. The first-order chi connectivity index (χ1) is 56.5. The molecule has 0 amide bonds. The van der Waals surface area contributed by atoms with Crippen molar-refractivity contribution in [2.45, 2.75) is 10.8 Å². The number of nitrogens with zero attached hydrogens (tertiary/aromatic N) is 2. The Kier molecular flexibility index (Phi) is 16.8. The van der Waals surface area contributed by atoms with Crippen LogP contribution in [-0.2, 0) is 10.8 Å². The molecule has 1 atom stereocenters. The molecule has 1 spiro atoms. The highest BCUT2D eigenvalue weighted by molar-refractivity contribution is 7.25. The largest absolute Gasteiger partial charge is 0.356 e. The van der Waals surface area contributed by atoms with Crippen LogP contribution in [0.25, 0.3) is 91.7 Å². The molecule has 114 heavy (non-hydrogen) atoms. The van der Waals surface area contributed by atoms with Gasteiger partial charge in [0.1, 0.15) is 0 Å². The highest BCUT2D eigenvalue weighted by Crippen LogP contribution is 2.65. The quantitative estimate of drug-likeness (QED) is 0.114. The molecular formula is C108H75N5S. The fraction of sp³-hybridized carbons (Fsp3) is 0.0185. The molecular weight excluding hydrogens is 1400 g/mol. The molecule has 6 heteroatoms. The van der Waals surface area contributed by atoms with Gasteiger partial charge in [-0.3, -0.25) is 0 Å². The molecule has 5 nitrogen and oxygen atoms in total. The van der Waals surface area contributed by atoms with Gasteiger partial charge in [-0.2, -0.15) is 0 Å². The minimum Gasteiger partial charge on any atom is -0.356 e. The second-order valence-corrected chi connectivity index (χ2v) is 30.7. The average Bonchev–Trinajstić information content (AvgIpc) is 1.51. The van der Waals surface area contributed by atoms with E-state index in [9.17, 15) is 0 Å². The summed E-state index contributed by atoms with van der Waals surface area (Å²) in [5.41, 5.74) is 29.8. The third-order valence-electron chi connectivity index (χ3n) is 23.3. The molecule has 0 fully saturated rings. The summed E-state index contributed by atoms with van der Waals surface area (Å²) < 4.78 is 4.86. The van der Waals surface area contributed by atoms with Crippen molar-refractivity contribution in [2.24, 2.45) is 0 Å². The van der Waals surface area contributed by atoms with Gasteiger partial charge in [-0.15, -0.1) is 11.3 Å². The number of aromatic nitrogens is 1. The van der Waals surface area contributed by atoms with Crippen LogP contribution < -0.4 is 20.9 Å². The molecule has 3 N–H and O–H groups in total. The van der Waals surface area contributed by atoms with Crippen molar-refractivity contribution in [1.82, 2.24) is 4.57 Å². The molecule has 538 valence electrons. The zero-order valence-corrected chi connectivity index (χ0v) is 63.2. The zero-order valence-electron chi connectivity index (χ0n) is 62.4. The van der Waals surface area contributed by atoms with Crippen molar-refractivity contribution in [3.05, 3.63) is 481 Å². The Balaban J connectivity index is 0.000000115. The van der Waals surface area contributed by atoms with E-state index >= 15 is 0 Å². The topological polar surface area (TPSA) is 44.3 Å². The van der Waals surface area contributed by atoms with E-state index in [1.165, 1.54) is 136 Å². The lowest BCUT2D eigenvalue weighted by Gasteiger charge is -2.35. The normalized spacial score (nSPS) is 13.5. The SMILES string of the molecule is c1ccc(N(c2ccccc2)c2cccc(C3(c4ccccc4)c4ccccc4-c4ccc(Nc5cccc6ccccc56)cc43)c2)cc1.c1ccc(Nc2ccc3c(ccn3-c3ccccc3)c2)cc1.c1ccc2c(c1)-c1ccccc1C21c2cc(Nc3ccc4sc5ccccc5c4c3)ccc2-c2c1ccc1ccccc21. The number of hydrogen-bond donors (Lipinski definition) is 3. The molecule has 0 bridgehead atoms. The lowest BCUT2D eigenvalue weighted by Crippen LogP contribution is -2.29. The average molecular weight is 1470 g/mol.